The zero-order valence-electron chi connectivity index (χ0n) is 14.4. The lowest BCUT2D eigenvalue weighted by molar-refractivity contribution is -0.124. The lowest BCUT2D eigenvalue weighted by Crippen LogP contribution is -2.49. The van der Waals surface area contributed by atoms with Gasteiger partial charge in [-0.05, 0) is 50.9 Å². The molecule has 1 aromatic rings. The average Bonchev–Trinajstić information content (AvgIpc) is 3.35. The predicted molar refractivity (Wildman–Crippen MR) is 104 cm³/mol. The van der Waals surface area contributed by atoms with E-state index in [1.165, 1.54) is 0 Å². The Balaban J connectivity index is 0.00000225. The molecule has 0 bridgehead atoms. The maximum absolute atomic E-state index is 12.9. The molecule has 0 aromatic heterocycles. The minimum absolute atomic E-state index is 0. The number of hydrogen-bond acceptors (Lipinski definition) is 3. The summed E-state index contributed by atoms with van der Waals surface area (Å²) < 4.78 is 5.42. The Morgan fingerprint density at radius 3 is 2.32 bits per heavy atom. The van der Waals surface area contributed by atoms with Gasteiger partial charge in [0, 0.05) is 34.7 Å². The highest BCUT2D eigenvalue weighted by atomic mass is 35.5. The lowest BCUT2D eigenvalue weighted by Gasteiger charge is -2.37. The van der Waals surface area contributed by atoms with Crippen molar-refractivity contribution in [3.8, 4) is 0 Å². The van der Waals surface area contributed by atoms with Crippen LogP contribution in [0.4, 0.5) is 0 Å². The van der Waals surface area contributed by atoms with Gasteiger partial charge in [-0.2, -0.15) is 0 Å². The zero-order valence-corrected chi connectivity index (χ0v) is 16.7. The molecule has 25 heavy (non-hydrogen) atoms. The summed E-state index contributed by atoms with van der Waals surface area (Å²) >= 11 is 12.7. The summed E-state index contributed by atoms with van der Waals surface area (Å²) in [6, 6.07) is 5.41. The number of hydrogen-bond donors (Lipinski definition) is 2. The van der Waals surface area contributed by atoms with Crippen LogP contribution in [0.15, 0.2) is 18.2 Å². The fourth-order valence-electron chi connectivity index (χ4n) is 3.74. The second kappa shape index (κ2) is 8.45. The summed E-state index contributed by atoms with van der Waals surface area (Å²) in [5.41, 5.74) is 0.226. The molecule has 2 N–H and O–H groups in total. The van der Waals surface area contributed by atoms with Crippen LogP contribution in [0.1, 0.15) is 31.2 Å². The van der Waals surface area contributed by atoms with Gasteiger partial charge in [0.15, 0.2) is 0 Å². The van der Waals surface area contributed by atoms with E-state index in [9.17, 15) is 4.79 Å². The number of methoxy groups -OCH3 is 1. The molecule has 1 heterocycles. The Morgan fingerprint density at radius 2 is 1.80 bits per heavy atom. The number of halogens is 3. The third-order valence-electron chi connectivity index (χ3n) is 5.36. The number of benzene rings is 1. The molecule has 2 aliphatic rings. The van der Waals surface area contributed by atoms with E-state index < -0.39 is 5.41 Å². The molecule has 7 heteroatoms. The van der Waals surface area contributed by atoms with E-state index >= 15 is 0 Å². The van der Waals surface area contributed by atoms with Gasteiger partial charge >= 0.3 is 0 Å². The van der Waals surface area contributed by atoms with Crippen LogP contribution in [0, 0.1) is 5.41 Å². The second-order valence-electron chi connectivity index (χ2n) is 7.04. The molecule has 0 unspecified atom stereocenters. The molecular weight excluding hydrogens is 383 g/mol. The van der Waals surface area contributed by atoms with Crippen molar-refractivity contribution in [1.82, 2.24) is 10.6 Å². The first kappa shape index (κ1) is 20.8. The first-order valence-electron chi connectivity index (χ1n) is 8.46. The molecule has 1 saturated carbocycles. The van der Waals surface area contributed by atoms with Gasteiger partial charge in [-0.25, -0.2) is 0 Å². The van der Waals surface area contributed by atoms with Crippen molar-refractivity contribution in [3.63, 3.8) is 0 Å². The molecule has 0 atom stereocenters. The summed E-state index contributed by atoms with van der Waals surface area (Å²) in [5, 5.41) is 7.68. The number of amides is 1. The van der Waals surface area contributed by atoms with Gasteiger partial charge in [0.1, 0.15) is 0 Å². The van der Waals surface area contributed by atoms with Gasteiger partial charge in [0.05, 0.1) is 12.0 Å². The minimum atomic E-state index is -0.559. The number of carbonyl (C=O) groups is 1. The number of rotatable bonds is 6. The van der Waals surface area contributed by atoms with Crippen LogP contribution in [-0.2, 0) is 14.9 Å². The van der Waals surface area contributed by atoms with Crippen molar-refractivity contribution < 1.29 is 9.53 Å². The Labute approximate surface area is 165 Å². The Morgan fingerprint density at radius 1 is 1.20 bits per heavy atom. The third kappa shape index (κ3) is 4.25. The first-order chi connectivity index (χ1) is 11.5. The second-order valence-corrected chi connectivity index (χ2v) is 7.86. The van der Waals surface area contributed by atoms with Crippen LogP contribution in [0.5, 0.6) is 0 Å². The van der Waals surface area contributed by atoms with Crippen LogP contribution in [0.3, 0.4) is 0 Å². The van der Waals surface area contributed by atoms with E-state index in [1.807, 2.05) is 6.07 Å². The molecule has 1 amide bonds. The fourth-order valence-corrected chi connectivity index (χ4v) is 4.50. The van der Waals surface area contributed by atoms with Gasteiger partial charge in [-0.1, -0.05) is 29.3 Å². The normalized spacial score (nSPS) is 20.4. The molecule has 1 aromatic carbocycles. The van der Waals surface area contributed by atoms with Crippen LogP contribution < -0.4 is 10.6 Å². The van der Waals surface area contributed by atoms with E-state index in [0.717, 1.165) is 44.3 Å². The molecular formula is C18H25Cl3N2O2. The number of piperidine rings is 1. The van der Waals surface area contributed by atoms with Crippen LogP contribution >= 0.6 is 35.6 Å². The fraction of sp³-hybridized carbons (Fsp3) is 0.611. The van der Waals surface area contributed by atoms with Crippen LogP contribution in [0.25, 0.3) is 0 Å². The molecule has 1 saturated heterocycles. The maximum atomic E-state index is 12.9. The van der Waals surface area contributed by atoms with Gasteiger partial charge in [-0.3, -0.25) is 4.79 Å². The van der Waals surface area contributed by atoms with Crippen molar-refractivity contribution in [3.05, 3.63) is 33.8 Å². The summed E-state index contributed by atoms with van der Waals surface area (Å²) in [7, 11) is 1.72. The summed E-state index contributed by atoms with van der Waals surface area (Å²) in [6.45, 7) is 3.21. The molecule has 1 aliphatic carbocycles. The average molecular weight is 408 g/mol. The quantitative estimate of drug-likeness (QED) is 0.758. The smallest absolute Gasteiger partial charge is 0.230 e. The van der Waals surface area contributed by atoms with Crippen LogP contribution in [-0.4, -0.2) is 39.3 Å². The number of carbonyl (C=O) groups excluding carboxylic acids is 1. The molecule has 0 radical (unpaired) electrons. The van der Waals surface area contributed by atoms with Crippen molar-refractivity contribution in [1.29, 1.82) is 0 Å². The third-order valence-corrected chi connectivity index (χ3v) is 5.99. The maximum Gasteiger partial charge on any atom is 0.230 e. The monoisotopic (exact) mass is 406 g/mol. The van der Waals surface area contributed by atoms with E-state index in [-0.39, 0.29) is 23.7 Å². The Hall–Kier alpha value is -0.520. The van der Waals surface area contributed by atoms with E-state index in [1.54, 1.807) is 19.2 Å². The zero-order chi connectivity index (χ0) is 17.2. The predicted octanol–water partition coefficient (Wildman–Crippen LogP) is 3.58. The topological polar surface area (TPSA) is 50.4 Å². The van der Waals surface area contributed by atoms with Gasteiger partial charge in [-0.15, -0.1) is 12.4 Å². The van der Waals surface area contributed by atoms with E-state index in [2.05, 4.69) is 10.6 Å². The molecule has 4 nitrogen and oxygen atoms in total. The highest BCUT2D eigenvalue weighted by Gasteiger charge is 2.53. The minimum Gasteiger partial charge on any atom is -0.384 e. The van der Waals surface area contributed by atoms with Crippen molar-refractivity contribution in [2.45, 2.75) is 31.1 Å². The highest BCUT2D eigenvalue weighted by Crippen LogP contribution is 2.53. The molecule has 140 valence electrons. The molecule has 3 rings (SSSR count). The highest BCUT2D eigenvalue weighted by molar-refractivity contribution is 6.36. The van der Waals surface area contributed by atoms with Gasteiger partial charge < -0.3 is 15.4 Å². The van der Waals surface area contributed by atoms with Gasteiger partial charge in [0.2, 0.25) is 5.91 Å². The summed E-state index contributed by atoms with van der Waals surface area (Å²) in [4.78, 5) is 12.9. The van der Waals surface area contributed by atoms with Crippen LogP contribution in [0.2, 0.25) is 10.0 Å². The SMILES string of the molecule is COCC1(CNC(=O)C2(c3c(Cl)cccc3Cl)CC2)CCNCC1.Cl. The first-order valence-corrected chi connectivity index (χ1v) is 9.21. The standard InChI is InChI=1S/C18H24Cl2N2O2.ClH/c1-24-12-17(7-9-21-10-8-17)11-22-16(23)18(5-6-18)15-13(19)3-2-4-14(15)20;/h2-4,21H,5-12H2,1H3,(H,22,23);1H. The lowest BCUT2D eigenvalue weighted by atomic mass is 9.79. The molecule has 2 fully saturated rings. The van der Waals surface area contributed by atoms with E-state index in [4.69, 9.17) is 27.9 Å². The van der Waals surface area contributed by atoms with Crippen molar-refractivity contribution in [2.24, 2.45) is 5.41 Å². The number of ether oxygens (including phenoxy) is 1. The van der Waals surface area contributed by atoms with Gasteiger partial charge in [0.25, 0.3) is 0 Å². The Bertz CT molecular complexity index is 589. The molecule has 1 aliphatic heterocycles. The largest absolute Gasteiger partial charge is 0.384 e. The van der Waals surface area contributed by atoms with Crippen molar-refractivity contribution in [2.75, 3.05) is 33.4 Å². The Kier molecular flexibility index (Phi) is 7.02. The van der Waals surface area contributed by atoms with E-state index in [0.29, 0.717) is 23.2 Å². The van der Waals surface area contributed by atoms with Crippen molar-refractivity contribution >= 4 is 41.5 Å². The molecule has 0 spiro atoms. The summed E-state index contributed by atoms with van der Waals surface area (Å²) in [5.74, 6) is 0.0338. The summed E-state index contributed by atoms with van der Waals surface area (Å²) in [6.07, 6.45) is 3.59. The number of nitrogens with one attached hydrogen (secondary N) is 2.